The highest BCUT2D eigenvalue weighted by molar-refractivity contribution is 7.48. The number of carbonyl (C=O) groups excluding carboxylic acids is 1. The molecular formula is C23H33FN5O12P. The van der Waals surface area contributed by atoms with Crippen molar-refractivity contribution in [3.05, 3.63) is 12.7 Å². The number of nitrogens with zero attached hydrogens (tertiary/aromatic N) is 4. The van der Waals surface area contributed by atoms with Gasteiger partial charge in [0.15, 0.2) is 30.1 Å². The molecule has 234 valence electrons. The molecule has 3 rings (SSSR count). The second kappa shape index (κ2) is 14.0. The average Bonchev–Trinajstić information content (AvgIpc) is 3.47. The summed E-state index contributed by atoms with van der Waals surface area (Å²) in [6.07, 6.45) is 3.90. The molecule has 5 atom stereocenters. The summed E-state index contributed by atoms with van der Waals surface area (Å²) in [5, 5.41) is 20.9. The number of alkyl halides is 1. The van der Waals surface area contributed by atoms with Gasteiger partial charge in [0.1, 0.15) is 24.1 Å². The van der Waals surface area contributed by atoms with Gasteiger partial charge in [0, 0.05) is 6.42 Å². The van der Waals surface area contributed by atoms with Gasteiger partial charge >= 0.3 is 14.0 Å². The van der Waals surface area contributed by atoms with Gasteiger partial charge in [-0.25, -0.2) is 33.2 Å². The lowest BCUT2D eigenvalue weighted by molar-refractivity contribution is -0.295. The third kappa shape index (κ3) is 8.31. The van der Waals surface area contributed by atoms with Crippen molar-refractivity contribution in [2.75, 3.05) is 32.6 Å². The van der Waals surface area contributed by atoms with Gasteiger partial charge in [-0.1, -0.05) is 5.92 Å². The van der Waals surface area contributed by atoms with Gasteiger partial charge in [-0.3, -0.25) is 13.6 Å². The Hall–Kier alpha value is -2.98. The van der Waals surface area contributed by atoms with Gasteiger partial charge in [0.2, 0.25) is 6.79 Å². The molecule has 42 heavy (non-hydrogen) atoms. The number of halogens is 1. The third-order valence-corrected chi connectivity index (χ3v) is 6.80. The van der Waals surface area contributed by atoms with Crippen molar-refractivity contribution in [2.24, 2.45) is 0 Å². The first-order valence-electron chi connectivity index (χ1n) is 12.4. The molecule has 1 aliphatic rings. The lowest BCUT2D eigenvalue weighted by atomic mass is 9.91. The number of aliphatic hydroxyl groups is 2. The Morgan fingerprint density at radius 1 is 1.26 bits per heavy atom. The summed E-state index contributed by atoms with van der Waals surface area (Å²) in [6.45, 7) is 0.598. The highest BCUT2D eigenvalue weighted by Crippen LogP contribution is 2.53. The summed E-state index contributed by atoms with van der Waals surface area (Å²) in [6, 6.07) is 0. The predicted octanol–water partition coefficient (Wildman–Crippen LogP) is 1.75. The fourth-order valence-electron chi connectivity index (χ4n) is 3.71. The molecule has 3 heterocycles. The van der Waals surface area contributed by atoms with Crippen LogP contribution in [0.5, 0.6) is 0 Å². The van der Waals surface area contributed by atoms with E-state index in [-0.39, 0.29) is 17.0 Å². The van der Waals surface area contributed by atoms with E-state index >= 15 is 0 Å². The summed E-state index contributed by atoms with van der Waals surface area (Å²) in [4.78, 5) is 23.7. The molecule has 0 aliphatic carbocycles. The van der Waals surface area contributed by atoms with Gasteiger partial charge in [-0.15, -0.1) is 6.42 Å². The number of aromatic nitrogens is 4. The maximum absolute atomic E-state index is 14.6. The number of phosphoric ester groups is 1. The zero-order valence-corrected chi connectivity index (χ0v) is 24.1. The predicted molar refractivity (Wildman–Crippen MR) is 138 cm³/mol. The SMILES string of the molecule is C#C[C@@]1(O)C[C@@](CF)(COP(=O)(OCOC(=O)OC(C)C)OCOC(O)OC(C)C)O[C@H]1n1cnc2c(N)ncnc21. The first kappa shape index (κ1) is 33.5. The normalized spacial score (nSPS) is 24.5. The molecule has 0 amide bonds. The molecule has 1 fully saturated rings. The van der Waals surface area contributed by atoms with Crippen molar-refractivity contribution < 1.29 is 61.2 Å². The number of rotatable bonds is 15. The van der Waals surface area contributed by atoms with Crippen molar-refractivity contribution in [1.29, 1.82) is 0 Å². The maximum Gasteiger partial charge on any atom is 0.510 e. The Kier molecular flexibility index (Phi) is 11.2. The summed E-state index contributed by atoms with van der Waals surface area (Å²) in [5.74, 6) is 2.23. The van der Waals surface area contributed by atoms with Crippen molar-refractivity contribution >= 4 is 31.0 Å². The average molecular weight is 622 g/mol. The standard InChI is InChI=1S/C23H33FN5O12P/c1-6-23(32)7-22(8-24,41-19(23)29-11-28-16-17(25)26-10-27-18(16)29)9-36-42(33,37-12-34-20(30)39-14(2)3)38-13-35-21(31)40-15(4)5/h1,10-11,14-15,19-20,30,32H,7-9,12-13H2,2-5H3,(H2,25,26,27)/t19-,20?,22-,23-,42?/m1/s1. The van der Waals surface area contributed by atoms with Crippen molar-refractivity contribution in [1.82, 2.24) is 19.5 Å². The second-order valence-electron chi connectivity index (χ2n) is 9.55. The first-order chi connectivity index (χ1) is 19.8. The Morgan fingerprint density at radius 2 is 1.98 bits per heavy atom. The van der Waals surface area contributed by atoms with Crippen LogP contribution in [-0.4, -0.2) is 92.6 Å². The molecule has 19 heteroatoms. The van der Waals surface area contributed by atoms with Gasteiger partial charge in [-0.2, -0.15) is 0 Å². The van der Waals surface area contributed by atoms with E-state index < -0.39 is 83.4 Å². The topological polar surface area (TPSA) is 218 Å². The van der Waals surface area contributed by atoms with E-state index in [0.29, 0.717) is 0 Å². The zero-order chi connectivity index (χ0) is 31.1. The Labute approximate surface area is 239 Å². The van der Waals surface area contributed by atoms with Crippen LogP contribution in [0.2, 0.25) is 0 Å². The second-order valence-corrected chi connectivity index (χ2v) is 11.2. The molecule has 1 aliphatic heterocycles. The molecule has 0 radical (unpaired) electrons. The molecule has 0 spiro atoms. The van der Waals surface area contributed by atoms with Gasteiger partial charge in [0.05, 0.1) is 25.1 Å². The van der Waals surface area contributed by atoms with Gasteiger partial charge in [0.25, 0.3) is 6.48 Å². The number of nitrogens with two attached hydrogens (primary N) is 1. The Balaban J connectivity index is 1.78. The fourth-order valence-corrected chi connectivity index (χ4v) is 4.70. The number of hydrogen-bond donors (Lipinski definition) is 3. The lowest BCUT2D eigenvalue weighted by Gasteiger charge is -2.27. The number of ether oxygens (including phenoxy) is 5. The number of terminal acetylenes is 1. The van der Waals surface area contributed by atoms with Crippen molar-refractivity contribution in [3.8, 4) is 12.3 Å². The summed E-state index contributed by atoms with van der Waals surface area (Å²) >= 11 is 0. The van der Waals surface area contributed by atoms with Crippen LogP contribution in [0.25, 0.3) is 11.2 Å². The summed E-state index contributed by atoms with van der Waals surface area (Å²) in [5.41, 5.74) is 2.02. The Morgan fingerprint density at radius 3 is 2.62 bits per heavy atom. The van der Waals surface area contributed by atoms with E-state index in [1.807, 2.05) is 0 Å². The van der Waals surface area contributed by atoms with Gasteiger partial charge < -0.3 is 39.6 Å². The lowest BCUT2D eigenvalue weighted by Crippen LogP contribution is -2.38. The van der Waals surface area contributed by atoms with E-state index in [2.05, 4.69) is 25.6 Å². The molecule has 2 unspecified atom stereocenters. The smallest absolute Gasteiger partial charge is 0.432 e. The van der Waals surface area contributed by atoms with E-state index in [9.17, 15) is 24.0 Å². The minimum atomic E-state index is -4.74. The number of aliphatic hydroxyl groups excluding tert-OH is 1. The quantitative estimate of drug-likeness (QED) is 0.112. The molecule has 0 aromatic carbocycles. The monoisotopic (exact) mass is 621 g/mol. The van der Waals surface area contributed by atoms with Gasteiger partial charge in [-0.05, 0) is 27.7 Å². The molecule has 17 nitrogen and oxygen atoms in total. The van der Waals surface area contributed by atoms with E-state index in [4.69, 9.17) is 44.7 Å². The minimum absolute atomic E-state index is 0.0435. The van der Waals surface area contributed by atoms with Crippen LogP contribution in [0.3, 0.4) is 0 Å². The zero-order valence-electron chi connectivity index (χ0n) is 23.2. The number of nitrogen functional groups attached to an aromatic ring is 1. The van der Waals surface area contributed by atoms with Crippen LogP contribution >= 0.6 is 7.82 Å². The van der Waals surface area contributed by atoms with Crippen LogP contribution in [0.1, 0.15) is 40.3 Å². The fraction of sp³-hybridized carbons (Fsp3) is 0.652. The van der Waals surface area contributed by atoms with E-state index in [1.54, 1.807) is 27.7 Å². The molecule has 2 aromatic heterocycles. The molecule has 4 N–H and O–H groups in total. The van der Waals surface area contributed by atoms with Crippen LogP contribution in [0, 0.1) is 12.3 Å². The van der Waals surface area contributed by atoms with Crippen LogP contribution in [-0.2, 0) is 41.8 Å². The molecular weight excluding hydrogens is 588 g/mol. The number of fused-ring (bicyclic) bond motifs is 1. The number of anilines is 1. The summed E-state index contributed by atoms with van der Waals surface area (Å²) in [7, 11) is -4.74. The van der Waals surface area contributed by atoms with Crippen LogP contribution in [0.4, 0.5) is 15.0 Å². The molecule has 0 bridgehead atoms. The highest BCUT2D eigenvalue weighted by atomic mass is 31.2. The Bertz CT molecular complexity index is 1310. The molecule has 1 saturated heterocycles. The number of imidazole rings is 1. The van der Waals surface area contributed by atoms with E-state index in [0.717, 1.165) is 6.33 Å². The summed E-state index contributed by atoms with van der Waals surface area (Å²) < 4.78 is 69.7. The molecule has 0 saturated carbocycles. The largest absolute Gasteiger partial charge is 0.510 e. The molecule has 2 aromatic rings. The highest BCUT2D eigenvalue weighted by Gasteiger charge is 2.57. The third-order valence-electron chi connectivity index (χ3n) is 5.51. The van der Waals surface area contributed by atoms with Crippen molar-refractivity contribution in [2.45, 2.75) is 70.2 Å². The van der Waals surface area contributed by atoms with E-state index in [1.165, 1.54) is 10.9 Å². The van der Waals surface area contributed by atoms with Crippen LogP contribution in [0.15, 0.2) is 12.7 Å². The minimum Gasteiger partial charge on any atom is -0.432 e. The maximum atomic E-state index is 14.6. The first-order valence-corrected chi connectivity index (χ1v) is 13.9. The number of carbonyl (C=O) groups is 1. The number of hydrogen-bond acceptors (Lipinski definition) is 16. The van der Waals surface area contributed by atoms with Crippen LogP contribution < -0.4 is 5.73 Å². The van der Waals surface area contributed by atoms with Crippen molar-refractivity contribution in [3.63, 3.8) is 0 Å². The number of phosphoric acid groups is 1.